The molecule has 0 heterocycles. The van der Waals surface area contributed by atoms with E-state index in [4.69, 9.17) is 19.2 Å². The summed E-state index contributed by atoms with van der Waals surface area (Å²) in [7, 11) is -4.64. The fourth-order valence-electron chi connectivity index (χ4n) is 0.371. The molecule has 0 radical (unpaired) electrons. The van der Waals surface area contributed by atoms with Gasteiger partial charge in [-0.1, -0.05) is 0 Å². The van der Waals surface area contributed by atoms with Crippen molar-refractivity contribution in [2.45, 2.75) is 24.7 Å². The molecule has 0 aliphatic rings. The fraction of sp³-hybridized carbons (Fsp3) is 0.667. The minimum absolute atomic E-state index is 0. The van der Waals surface area contributed by atoms with Gasteiger partial charge in [0.25, 0.3) is 24.7 Å². The van der Waals surface area contributed by atoms with E-state index in [1.807, 2.05) is 0 Å². The van der Waals surface area contributed by atoms with E-state index in [-0.39, 0.29) is 23.1 Å². The summed E-state index contributed by atoms with van der Waals surface area (Å²) in [6.07, 6.45) is -24.3. The second-order valence-corrected chi connectivity index (χ2v) is 3.99. The average Bonchev–Trinajstić information content (AvgIpc) is 1.81. The van der Waals surface area contributed by atoms with Crippen LogP contribution < -0.4 is 0 Å². The van der Waals surface area contributed by atoms with Crippen molar-refractivity contribution in [3.8, 4) is 0 Å². The van der Waals surface area contributed by atoms with Gasteiger partial charge in [0.05, 0.1) is 0 Å². The Hall–Kier alpha value is 0.0362. The summed E-state index contributed by atoms with van der Waals surface area (Å²) in [5.74, 6) is 0. The van der Waals surface area contributed by atoms with Crippen molar-refractivity contribution >= 4 is 30.9 Å². The van der Waals surface area contributed by atoms with Crippen LogP contribution in [0.2, 0.25) is 0 Å². The molecule has 3 N–H and O–H groups in total. The number of phosphoric acid groups is 1. The molecule has 0 unspecified atom stereocenters. The maximum absolute atomic E-state index is 10.8. The smallest absolute Gasteiger partial charge is 0.303 e. The van der Waals surface area contributed by atoms with E-state index in [9.17, 15) is 52.7 Å². The van der Waals surface area contributed by atoms with Crippen molar-refractivity contribution < 1.29 is 71.9 Å². The SMILES string of the molecule is FC(F)(F)[CH-]C(F)(F)F.FC(F)(F)[CH-]C(F)(F)F.O=P(O)(O)O.[Mg+2]. The molecule has 0 aromatic heterocycles. The van der Waals surface area contributed by atoms with Gasteiger partial charge in [0.1, 0.15) is 0 Å². The standard InChI is InChI=1S/2C3HF6.Mg.H3O4P/c2*4-2(5,6)1-3(7,8)9;;1-5(2,3)4/h2*1H;;(H3,1,2,3,4)/q2*-1;+2;. The second kappa shape index (κ2) is 10.9. The van der Waals surface area contributed by atoms with Gasteiger partial charge in [0.2, 0.25) is 0 Å². The fourth-order valence-corrected chi connectivity index (χ4v) is 0.371. The molecule has 18 heteroatoms. The van der Waals surface area contributed by atoms with Crippen LogP contribution in [0.5, 0.6) is 0 Å². The van der Waals surface area contributed by atoms with E-state index >= 15 is 0 Å². The monoisotopic (exact) mass is 424 g/mol. The van der Waals surface area contributed by atoms with Crippen LogP contribution in [-0.2, 0) is 4.57 Å². The third-order valence-electron chi connectivity index (χ3n) is 0.655. The van der Waals surface area contributed by atoms with Gasteiger partial charge in [0, 0.05) is 0 Å². The van der Waals surface area contributed by atoms with Crippen molar-refractivity contribution in [1.29, 1.82) is 0 Å². The zero-order valence-corrected chi connectivity index (χ0v) is 12.9. The van der Waals surface area contributed by atoms with Gasteiger partial charge in [-0.3, -0.25) is 0 Å². The van der Waals surface area contributed by atoms with Crippen LogP contribution in [0.1, 0.15) is 0 Å². The average molecular weight is 424 g/mol. The van der Waals surface area contributed by atoms with Crippen LogP contribution in [0.3, 0.4) is 0 Å². The molecular formula is C6H5F12MgO4P. The Bertz CT molecular complexity index is 307. The quantitative estimate of drug-likeness (QED) is 0.241. The Kier molecular flexibility index (Phi) is 14.4. The molecule has 144 valence electrons. The molecule has 0 rings (SSSR count). The summed E-state index contributed by atoms with van der Waals surface area (Å²) >= 11 is 0. The third-order valence-corrected chi connectivity index (χ3v) is 0.655. The van der Waals surface area contributed by atoms with Crippen LogP contribution in [0.4, 0.5) is 52.7 Å². The molecule has 0 spiro atoms. The van der Waals surface area contributed by atoms with Gasteiger partial charge in [-0.2, -0.15) is 0 Å². The van der Waals surface area contributed by atoms with Crippen molar-refractivity contribution in [3.05, 3.63) is 12.8 Å². The molecule has 0 saturated carbocycles. The van der Waals surface area contributed by atoms with Gasteiger partial charge >= 0.3 is 30.9 Å². The first kappa shape index (κ1) is 31.8. The molecule has 24 heavy (non-hydrogen) atoms. The molecule has 0 aromatic carbocycles. The van der Waals surface area contributed by atoms with Crippen LogP contribution in [-0.4, -0.2) is 62.4 Å². The summed E-state index contributed by atoms with van der Waals surface area (Å²) in [6, 6.07) is 0. The van der Waals surface area contributed by atoms with Gasteiger partial charge in [-0.25, -0.2) is 57.3 Å². The van der Waals surface area contributed by atoms with Crippen molar-refractivity contribution in [3.63, 3.8) is 0 Å². The number of hydrogen-bond donors (Lipinski definition) is 3. The summed E-state index contributed by atoms with van der Waals surface area (Å²) in [5, 5.41) is 0. The molecule has 0 aliphatic carbocycles. The van der Waals surface area contributed by atoms with Crippen molar-refractivity contribution in [2.24, 2.45) is 0 Å². The Morgan fingerprint density at radius 1 is 0.542 bits per heavy atom. The van der Waals surface area contributed by atoms with Gasteiger partial charge in [-0.15, -0.1) is 12.8 Å². The predicted molar refractivity (Wildman–Crippen MR) is 52.8 cm³/mol. The van der Waals surface area contributed by atoms with Crippen LogP contribution in [0.15, 0.2) is 0 Å². The maximum atomic E-state index is 10.8. The van der Waals surface area contributed by atoms with E-state index in [1.54, 1.807) is 0 Å². The number of halogens is 12. The molecule has 0 fully saturated rings. The summed E-state index contributed by atoms with van der Waals surface area (Å²) in [6.45, 7) is 0. The molecule has 0 saturated heterocycles. The van der Waals surface area contributed by atoms with Gasteiger partial charge in [-0.05, 0) is 0 Å². The van der Waals surface area contributed by atoms with E-state index in [0.717, 1.165) is 0 Å². The first-order valence-electron chi connectivity index (χ1n) is 4.21. The summed E-state index contributed by atoms with van der Waals surface area (Å²) in [4.78, 5) is 21.6. The molecule has 0 aliphatic heterocycles. The first-order valence-corrected chi connectivity index (χ1v) is 5.77. The largest absolute Gasteiger partial charge is 2.00 e. The Balaban J connectivity index is -0.000000128. The minimum Gasteiger partial charge on any atom is -0.303 e. The predicted octanol–water partition coefficient (Wildman–Crippen LogP) is 3.32. The molecule has 0 bridgehead atoms. The Morgan fingerprint density at radius 2 is 0.625 bits per heavy atom. The van der Waals surface area contributed by atoms with E-state index in [1.165, 1.54) is 0 Å². The zero-order chi connectivity index (χ0) is 19.9. The zero-order valence-electron chi connectivity index (χ0n) is 10.6. The topological polar surface area (TPSA) is 77.8 Å². The Morgan fingerprint density at radius 3 is 0.625 bits per heavy atom. The molecule has 0 amide bonds. The van der Waals surface area contributed by atoms with E-state index in [2.05, 4.69) is 0 Å². The molecular weight excluding hydrogens is 419 g/mol. The third kappa shape index (κ3) is 67.3. The van der Waals surface area contributed by atoms with E-state index in [0.29, 0.717) is 0 Å². The molecule has 4 nitrogen and oxygen atoms in total. The van der Waals surface area contributed by atoms with Crippen LogP contribution >= 0.6 is 7.82 Å². The normalized spacial score (nSPS) is 13.0. The number of rotatable bonds is 0. The summed E-state index contributed by atoms with van der Waals surface area (Å²) < 4.78 is 138. The van der Waals surface area contributed by atoms with Crippen molar-refractivity contribution in [2.75, 3.05) is 0 Å². The van der Waals surface area contributed by atoms with E-state index < -0.39 is 45.4 Å². The van der Waals surface area contributed by atoms with Gasteiger partial charge in [0.15, 0.2) is 0 Å². The maximum Gasteiger partial charge on any atom is 2.00 e. The molecule has 0 atom stereocenters. The second-order valence-electron chi connectivity index (χ2n) is 2.97. The first-order chi connectivity index (χ1) is 9.41. The van der Waals surface area contributed by atoms with Crippen LogP contribution in [0, 0.1) is 12.8 Å². The summed E-state index contributed by atoms with van der Waals surface area (Å²) in [5.41, 5.74) is 0. The van der Waals surface area contributed by atoms with Gasteiger partial charge < -0.3 is 14.7 Å². The number of alkyl halides is 12. The Labute approximate surface area is 141 Å². The molecule has 0 aromatic rings. The van der Waals surface area contributed by atoms with Crippen molar-refractivity contribution in [1.82, 2.24) is 0 Å². The number of hydrogen-bond acceptors (Lipinski definition) is 1. The van der Waals surface area contributed by atoms with Crippen LogP contribution in [0.25, 0.3) is 0 Å². The minimum atomic E-state index is -5.27.